The summed E-state index contributed by atoms with van der Waals surface area (Å²) in [5.41, 5.74) is 1.99. The Hall–Kier alpha value is -2.14. The van der Waals surface area contributed by atoms with Crippen LogP contribution < -0.4 is 10.1 Å². The minimum atomic E-state index is 0.157. The van der Waals surface area contributed by atoms with Gasteiger partial charge >= 0.3 is 0 Å². The molecule has 5 heteroatoms. The van der Waals surface area contributed by atoms with Crippen LogP contribution in [0, 0.1) is 6.92 Å². The van der Waals surface area contributed by atoms with E-state index >= 15 is 0 Å². The van der Waals surface area contributed by atoms with Crippen LogP contribution in [0.2, 0.25) is 0 Å². The predicted octanol–water partition coefficient (Wildman–Crippen LogP) is 1.94. The summed E-state index contributed by atoms with van der Waals surface area (Å²) in [6.45, 7) is 2.41. The molecule has 0 atom stereocenters. The number of anilines is 1. The normalized spacial score (nSPS) is 10.3. The van der Waals surface area contributed by atoms with Crippen molar-refractivity contribution in [1.82, 2.24) is 9.97 Å². The Morgan fingerprint density at radius 3 is 2.60 bits per heavy atom. The Bertz CT molecular complexity index is 556. The summed E-state index contributed by atoms with van der Waals surface area (Å²) in [7, 11) is 1.83. The van der Waals surface area contributed by atoms with Crippen molar-refractivity contribution < 1.29 is 9.84 Å². The molecule has 0 amide bonds. The summed E-state index contributed by atoms with van der Waals surface area (Å²) in [4.78, 5) is 8.67. The lowest BCUT2D eigenvalue weighted by Crippen LogP contribution is -2.05. The summed E-state index contributed by atoms with van der Waals surface area (Å²) in [5.74, 6) is 2.20. The van der Waals surface area contributed by atoms with Gasteiger partial charge in [-0.3, -0.25) is 0 Å². The third kappa shape index (κ3) is 3.93. The molecule has 0 unspecified atom stereocenters. The van der Waals surface area contributed by atoms with Gasteiger partial charge in [0.1, 0.15) is 18.2 Å². The predicted molar refractivity (Wildman–Crippen MR) is 77.9 cm³/mol. The van der Waals surface area contributed by atoms with E-state index in [2.05, 4.69) is 15.3 Å². The summed E-state index contributed by atoms with van der Waals surface area (Å²) in [6.07, 6.45) is 0.660. The van der Waals surface area contributed by atoms with E-state index in [9.17, 15) is 0 Å². The van der Waals surface area contributed by atoms with Gasteiger partial charge in [-0.1, -0.05) is 12.1 Å². The summed E-state index contributed by atoms with van der Waals surface area (Å²) >= 11 is 0. The first-order chi connectivity index (χ1) is 9.71. The van der Waals surface area contributed by atoms with Gasteiger partial charge < -0.3 is 15.2 Å². The van der Waals surface area contributed by atoms with Crippen LogP contribution in [0.4, 0.5) is 5.82 Å². The molecule has 5 nitrogen and oxygen atoms in total. The third-order valence-electron chi connectivity index (χ3n) is 2.85. The summed E-state index contributed by atoms with van der Waals surface area (Å²) in [6, 6.07) is 9.55. The highest BCUT2D eigenvalue weighted by Gasteiger charge is 2.03. The van der Waals surface area contributed by atoms with Crippen LogP contribution in [0.5, 0.6) is 5.75 Å². The monoisotopic (exact) mass is 273 g/mol. The van der Waals surface area contributed by atoms with E-state index in [0.717, 1.165) is 22.8 Å². The first-order valence-corrected chi connectivity index (χ1v) is 6.56. The highest BCUT2D eigenvalue weighted by atomic mass is 16.5. The molecule has 20 heavy (non-hydrogen) atoms. The molecule has 0 aliphatic heterocycles. The van der Waals surface area contributed by atoms with Crippen molar-refractivity contribution in [2.24, 2.45) is 0 Å². The van der Waals surface area contributed by atoms with Gasteiger partial charge in [0.25, 0.3) is 0 Å². The number of hydrogen-bond donors (Lipinski definition) is 2. The van der Waals surface area contributed by atoms with Gasteiger partial charge in [-0.2, -0.15) is 0 Å². The van der Waals surface area contributed by atoms with Gasteiger partial charge in [-0.15, -0.1) is 0 Å². The topological polar surface area (TPSA) is 67.3 Å². The Balaban J connectivity index is 1.99. The summed E-state index contributed by atoms with van der Waals surface area (Å²) in [5, 5.41) is 11.9. The zero-order valence-corrected chi connectivity index (χ0v) is 11.8. The van der Waals surface area contributed by atoms with E-state index in [0.29, 0.717) is 18.9 Å². The zero-order valence-electron chi connectivity index (χ0n) is 11.8. The second-order valence-electron chi connectivity index (χ2n) is 4.47. The van der Waals surface area contributed by atoms with Crippen molar-refractivity contribution in [3.8, 4) is 5.75 Å². The van der Waals surface area contributed by atoms with Gasteiger partial charge in [-0.25, -0.2) is 9.97 Å². The molecule has 1 aromatic heterocycles. The molecule has 106 valence electrons. The van der Waals surface area contributed by atoms with E-state index in [4.69, 9.17) is 9.84 Å². The number of nitrogens with zero attached hydrogens (tertiary/aromatic N) is 2. The van der Waals surface area contributed by atoms with Crippen LogP contribution in [0.15, 0.2) is 30.3 Å². The molecule has 2 N–H and O–H groups in total. The minimum Gasteiger partial charge on any atom is -0.486 e. The molecule has 1 aromatic carbocycles. The molecular formula is C15H19N3O2. The van der Waals surface area contributed by atoms with E-state index in [1.807, 2.05) is 44.3 Å². The molecule has 0 saturated heterocycles. The maximum absolute atomic E-state index is 8.86. The maximum atomic E-state index is 8.86. The number of aromatic nitrogens is 2. The number of benzene rings is 1. The van der Waals surface area contributed by atoms with E-state index in [-0.39, 0.29) is 6.61 Å². The fourth-order valence-electron chi connectivity index (χ4n) is 1.85. The molecule has 0 aliphatic rings. The van der Waals surface area contributed by atoms with E-state index in [1.54, 1.807) is 0 Å². The van der Waals surface area contributed by atoms with Gasteiger partial charge in [0.05, 0.1) is 0 Å². The van der Waals surface area contributed by atoms with Crippen LogP contribution in [-0.4, -0.2) is 28.7 Å². The number of hydrogen-bond acceptors (Lipinski definition) is 5. The number of rotatable bonds is 6. The molecule has 0 fully saturated rings. The van der Waals surface area contributed by atoms with Crippen molar-refractivity contribution in [3.63, 3.8) is 0 Å². The second kappa shape index (κ2) is 6.86. The molecule has 0 aliphatic carbocycles. The Morgan fingerprint density at radius 1 is 1.20 bits per heavy atom. The highest BCUT2D eigenvalue weighted by molar-refractivity contribution is 5.34. The number of aliphatic hydroxyl groups is 1. The van der Waals surface area contributed by atoms with Gasteiger partial charge in [0.15, 0.2) is 5.82 Å². The first-order valence-electron chi connectivity index (χ1n) is 6.56. The van der Waals surface area contributed by atoms with Crippen LogP contribution in [-0.2, 0) is 13.0 Å². The van der Waals surface area contributed by atoms with E-state index < -0.39 is 0 Å². The molecular weight excluding hydrogens is 254 g/mol. The van der Waals surface area contributed by atoms with Crippen LogP contribution in [0.25, 0.3) is 0 Å². The lowest BCUT2D eigenvalue weighted by atomic mass is 10.1. The smallest absolute Gasteiger partial charge is 0.168 e. The number of aliphatic hydroxyl groups excluding tert-OH is 1. The molecule has 2 rings (SSSR count). The van der Waals surface area contributed by atoms with Gasteiger partial charge in [0, 0.05) is 25.4 Å². The third-order valence-corrected chi connectivity index (χ3v) is 2.85. The Labute approximate surface area is 118 Å². The number of nitrogens with one attached hydrogen (secondary N) is 1. The fraction of sp³-hybridized carbons (Fsp3) is 0.333. The molecule has 1 heterocycles. The van der Waals surface area contributed by atoms with Crippen LogP contribution in [0.1, 0.15) is 17.1 Å². The van der Waals surface area contributed by atoms with Crippen LogP contribution >= 0.6 is 0 Å². The van der Waals surface area contributed by atoms with E-state index in [1.165, 1.54) is 0 Å². The molecule has 0 saturated carbocycles. The fourth-order valence-corrected chi connectivity index (χ4v) is 1.85. The molecule has 2 aromatic rings. The highest BCUT2D eigenvalue weighted by Crippen LogP contribution is 2.14. The molecule has 0 bridgehead atoms. The second-order valence-corrected chi connectivity index (χ2v) is 4.47. The van der Waals surface area contributed by atoms with Crippen molar-refractivity contribution in [2.75, 3.05) is 19.0 Å². The molecule has 0 spiro atoms. The molecule has 0 radical (unpaired) electrons. The SMILES string of the molecule is CNc1cc(C)nc(COc2ccc(CCO)cc2)n1. The van der Waals surface area contributed by atoms with Crippen molar-refractivity contribution in [1.29, 1.82) is 0 Å². The average Bonchev–Trinajstić information content (AvgIpc) is 2.46. The maximum Gasteiger partial charge on any atom is 0.168 e. The zero-order chi connectivity index (χ0) is 14.4. The largest absolute Gasteiger partial charge is 0.486 e. The lowest BCUT2D eigenvalue weighted by Gasteiger charge is -2.08. The number of ether oxygens (including phenoxy) is 1. The van der Waals surface area contributed by atoms with Crippen molar-refractivity contribution in [2.45, 2.75) is 20.0 Å². The quantitative estimate of drug-likeness (QED) is 0.842. The summed E-state index contributed by atoms with van der Waals surface area (Å²) < 4.78 is 5.66. The van der Waals surface area contributed by atoms with Gasteiger partial charge in [-0.05, 0) is 31.0 Å². The lowest BCUT2D eigenvalue weighted by molar-refractivity contribution is 0.294. The number of aryl methyl sites for hydroxylation is 1. The van der Waals surface area contributed by atoms with Crippen molar-refractivity contribution >= 4 is 5.82 Å². The minimum absolute atomic E-state index is 0.157. The van der Waals surface area contributed by atoms with Crippen LogP contribution in [0.3, 0.4) is 0 Å². The van der Waals surface area contributed by atoms with Crippen molar-refractivity contribution in [3.05, 3.63) is 47.4 Å². The standard InChI is InChI=1S/C15H19N3O2/c1-11-9-14(16-2)18-15(17-11)10-20-13-5-3-12(4-6-13)7-8-19/h3-6,9,19H,7-8,10H2,1-2H3,(H,16,17,18). The average molecular weight is 273 g/mol. The first kappa shape index (κ1) is 14.3. The Kier molecular flexibility index (Phi) is 4.90. The Morgan fingerprint density at radius 2 is 1.95 bits per heavy atom. The van der Waals surface area contributed by atoms with Gasteiger partial charge in [0.2, 0.25) is 0 Å².